The summed E-state index contributed by atoms with van der Waals surface area (Å²) in [6.45, 7) is 10.5. The highest BCUT2D eigenvalue weighted by Gasteiger charge is 2.56. The van der Waals surface area contributed by atoms with E-state index < -0.39 is 29.8 Å². The van der Waals surface area contributed by atoms with Gasteiger partial charge in [-0.2, -0.15) is 5.10 Å². The lowest BCUT2D eigenvalue weighted by Crippen LogP contribution is -2.31. The second-order valence-corrected chi connectivity index (χ2v) is 11.4. The van der Waals surface area contributed by atoms with Crippen LogP contribution in [-0.4, -0.2) is 66.4 Å². The fourth-order valence-corrected chi connectivity index (χ4v) is 5.19. The predicted octanol–water partition coefficient (Wildman–Crippen LogP) is 3.48. The minimum absolute atomic E-state index is 0.00135. The summed E-state index contributed by atoms with van der Waals surface area (Å²) in [6, 6.07) is 0. The second-order valence-electron chi connectivity index (χ2n) is 9.22. The molecular weight excluding hydrogens is 565 g/mol. The summed E-state index contributed by atoms with van der Waals surface area (Å²) in [5.41, 5.74) is -0.183. The van der Waals surface area contributed by atoms with Gasteiger partial charge in [-0.1, -0.05) is 11.8 Å². The van der Waals surface area contributed by atoms with Crippen LogP contribution in [0.5, 0.6) is 0 Å². The van der Waals surface area contributed by atoms with E-state index in [-0.39, 0.29) is 23.1 Å². The molecule has 1 N–H and O–H groups in total. The van der Waals surface area contributed by atoms with Gasteiger partial charge < -0.3 is 18.9 Å². The SMILES string of the molecule is CC(=O)SC[C@H]1O[C@@H](n2nc(I)c3c(NC(=O)OC(C)(C)C)ncnc32)[C@@H]2OC(C)(C)O[C@@H]21. The molecule has 4 atom stereocenters. The number of halogens is 1. The van der Waals surface area contributed by atoms with Crippen LogP contribution >= 0.6 is 34.4 Å². The van der Waals surface area contributed by atoms with E-state index in [2.05, 4.69) is 43.0 Å². The Balaban J connectivity index is 1.67. The van der Waals surface area contributed by atoms with E-state index in [1.165, 1.54) is 25.0 Å². The van der Waals surface area contributed by atoms with Crippen molar-refractivity contribution in [2.45, 2.75) is 77.5 Å². The van der Waals surface area contributed by atoms with Gasteiger partial charge in [0.2, 0.25) is 0 Å². The number of carbonyl (C=O) groups is 2. The number of ether oxygens (including phenoxy) is 4. The fourth-order valence-electron chi connectivity index (χ4n) is 3.79. The number of nitrogens with one attached hydrogen (secondary N) is 1. The van der Waals surface area contributed by atoms with Crippen molar-refractivity contribution in [3.05, 3.63) is 10.0 Å². The first-order chi connectivity index (χ1) is 15.3. The molecule has 2 aliphatic heterocycles. The molecule has 2 aromatic rings. The summed E-state index contributed by atoms with van der Waals surface area (Å²) < 4.78 is 26.1. The molecule has 4 rings (SSSR count). The van der Waals surface area contributed by atoms with E-state index in [9.17, 15) is 9.59 Å². The van der Waals surface area contributed by atoms with Gasteiger partial charge in [0.25, 0.3) is 0 Å². The normalized spacial score (nSPS) is 26.4. The van der Waals surface area contributed by atoms with Crippen molar-refractivity contribution in [2.24, 2.45) is 0 Å². The van der Waals surface area contributed by atoms with Crippen molar-refractivity contribution >= 4 is 62.4 Å². The summed E-state index contributed by atoms with van der Waals surface area (Å²) in [6.07, 6.45) is -1.10. The van der Waals surface area contributed by atoms with Crippen LogP contribution in [0.15, 0.2) is 6.33 Å². The molecular formula is C20H26IN5O6S. The summed E-state index contributed by atoms with van der Waals surface area (Å²) in [4.78, 5) is 32.4. The lowest BCUT2D eigenvalue weighted by molar-refractivity contribution is -0.195. The molecule has 2 aliphatic rings. The summed E-state index contributed by atoms with van der Waals surface area (Å²) in [5.74, 6) is -0.0826. The summed E-state index contributed by atoms with van der Waals surface area (Å²) >= 11 is 3.24. The van der Waals surface area contributed by atoms with Crippen LogP contribution in [-0.2, 0) is 23.7 Å². The first-order valence-electron chi connectivity index (χ1n) is 10.4. The van der Waals surface area contributed by atoms with E-state index in [0.29, 0.717) is 20.5 Å². The van der Waals surface area contributed by atoms with E-state index in [1.54, 1.807) is 25.5 Å². The lowest BCUT2D eigenvalue weighted by Gasteiger charge is -2.24. The molecule has 0 saturated carbocycles. The van der Waals surface area contributed by atoms with Crippen LogP contribution in [0.2, 0.25) is 0 Å². The quantitative estimate of drug-likeness (QED) is 0.529. The molecule has 0 aliphatic carbocycles. The molecule has 1 amide bonds. The number of anilines is 1. The molecule has 2 aromatic heterocycles. The second kappa shape index (κ2) is 8.91. The Bertz CT molecular complexity index is 1090. The average Bonchev–Trinajstić information content (AvgIpc) is 3.27. The fraction of sp³-hybridized carbons (Fsp3) is 0.650. The first kappa shape index (κ1) is 24.6. The van der Waals surface area contributed by atoms with Gasteiger partial charge in [0.1, 0.15) is 27.8 Å². The van der Waals surface area contributed by atoms with Crippen LogP contribution in [0.1, 0.15) is 47.8 Å². The number of aromatic nitrogens is 4. The van der Waals surface area contributed by atoms with E-state index in [0.717, 1.165) is 0 Å². The first-order valence-corrected chi connectivity index (χ1v) is 12.4. The van der Waals surface area contributed by atoms with E-state index in [1.807, 2.05) is 13.8 Å². The molecule has 11 nitrogen and oxygen atoms in total. The maximum atomic E-state index is 12.3. The maximum Gasteiger partial charge on any atom is 0.413 e. The summed E-state index contributed by atoms with van der Waals surface area (Å²) in [7, 11) is 0. The number of carbonyl (C=O) groups excluding carboxylic acids is 2. The summed E-state index contributed by atoms with van der Waals surface area (Å²) in [5, 5.41) is 7.87. The Morgan fingerprint density at radius 2 is 1.97 bits per heavy atom. The smallest absolute Gasteiger partial charge is 0.413 e. The largest absolute Gasteiger partial charge is 0.444 e. The Hall–Kier alpha value is -1.55. The third-order valence-corrected chi connectivity index (χ3v) is 6.54. The van der Waals surface area contributed by atoms with Gasteiger partial charge in [0.05, 0.1) is 11.5 Å². The Kier molecular flexibility index (Phi) is 6.63. The molecule has 0 spiro atoms. The van der Waals surface area contributed by atoms with Gasteiger partial charge in [-0.15, -0.1) is 0 Å². The molecule has 33 heavy (non-hydrogen) atoms. The van der Waals surface area contributed by atoms with Gasteiger partial charge in [-0.25, -0.2) is 19.4 Å². The molecule has 0 bridgehead atoms. The molecule has 0 radical (unpaired) electrons. The minimum Gasteiger partial charge on any atom is -0.444 e. The van der Waals surface area contributed by atoms with Gasteiger partial charge >= 0.3 is 6.09 Å². The lowest BCUT2D eigenvalue weighted by atomic mass is 10.1. The molecule has 0 aromatic carbocycles. The predicted molar refractivity (Wildman–Crippen MR) is 129 cm³/mol. The van der Waals surface area contributed by atoms with Crippen LogP contribution in [0.4, 0.5) is 10.6 Å². The zero-order valence-corrected chi connectivity index (χ0v) is 22.1. The standard InChI is InChI=1S/C20H26IN5O6S/c1-9(27)33-7-10-12-13(31-20(5,6)30-12)17(29-10)26-16-11(14(21)25-26)15(22-8-23-16)24-18(28)32-19(2,3)4/h8,10,12-13,17H,7H2,1-6H3,(H,22,23,24,28)/t10-,12-,13-,17-/m1/s1. The maximum absolute atomic E-state index is 12.3. The van der Waals surface area contributed by atoms with Crippen molar-refractivity contribution in [1.29, 1.82) is 0 Å². The molecule has 2 saturated heterocycles. The average molecular weight is 591 g/mol. The number of hydrogen-bond donors (Lipinski definition) is 1. The number of thioether (sulfide) groups is 1. The highest BCUT2D eigenvalue weighted by molar-refractivity contribution is 14.1. The van der Waals surface area contributed by atoms with Crippen LogP contribution in [0.25, 0.3) is 11.0 Å². The topological polar surface area (TPSA) is 127 Å². The highest BCUT2D eigenvalue weighted by Crippen LogP contribution is 2.44. The Morgan fingerprint density at radius 3 is 2.64 bits per heavy atom. The monoisotopic (exact) mass is 591 g/mol. The van der Waals surface area contributed by atoms with Gasteiger partial charge in [0.15, 0.2) is 28.6 Å². The van der Waals surface area contributed by atoms with E-state index >= 15 is 0 Å². The van der Waals surface area contributed by atoms with Crippen LogP contribution in [0.3, 0.4) is 0 Å². The van der Waals surface area contributed by atoms with Gasteiger partial charge in [-0.3, -0.25) is 10.1 Å². The molecule has 2 fully saturated rings. The zero-order valence-electron chi connectivity index (χ0n) is 19.1. The number of rotatable bonds is 4. The Labute approximate surface area is 208 Å². The van der Waals surface area contributed by atoms with Crippen LogP contribution < -0.4 is 5.32 Å². The number of fused-ring (bicyclic) bond motifs is 2. The number of hydrogen-bond acceptors (Lipinski definition) is 10. The van der Waals surface area contributed by atoms with Crippen molar-refractivity contribution in [1.82, 2.24) is 19.7 Å². The van der Waals surface area contributed by atoms with Crippen molar-refractivity contribution in [3.63, 3.8) is 0 Å². The number of amides is 1. The minimum atomic E-state index is -0.801. The highest BCUT2D eigenvalue weighted by atomic mass is 127. The third-order valence-electron chi connectivity index (χ3n) is 4.88. The molecule has 0 unspecified atom stereocenters. The van der Waals surface area contributed by atoms with Crippen LogP contribution in [0, 0.1) is 3.70 Å². The van der Waals surface area contributed by atoms with Crippen molar-refractivity contribution in [3.8, 4) is 0 Å². The zero-order chi connectivity index (χ0) is 24.1. The third kappa shape index (κ3) is 5.26. The van der Waals surface area contributed by atoms with Gasteiger partial charge in [0, 0.05) is 12.7 Å². The van der Waals surface area contributed by atoms with Gasteiger partial charge in [-0.05, 0) is 57.2 Å². The van der Waals surface area contributed by atoms with Crippen molar-refractivity contribution in [2.75, 3.05) is 11.1 Å². The van der Waals surface area contributed by atoms with Crippen molar-refractivity contribution < 1.29 is 28.5 Å². The molecule has 13 heteroatoms. The molecule has 4 heterocycles. The Morgan fingerprint density at radius 1 is 1.27 bits per heavy atom. The number of nitrogens with zero attached hydrogens (tertiary/aromatic N) is 4. The molecule has 180 valence electrons. The van der Waals surface area contributed by atoms with E-state index in [4.69, 9.17) is 18.9 Å².